The molecule has 2 rings (SSSR count). The summed E-state index contributed by atoms with van der Waals surface area (Å²) < 4.78 is 5.76. The van der Waals surface area contributed by atoms with E-state index in [0.29, 0.717) is 29.4 Å². The van der Waals surface area contributed by atoms with Gasteiger partial charge >= 0.3 is 0 Å². The molecule has 1 atom stereocenters. The number of rotatable bonds is 2. The van der Waals surface area contributed by atoms with Gasteiger partial charge in [-0.15, -0.1) is 0 Å². The monoisotopic (exact) mass is 238 g/mol. The molecular formula is C13H15ClO2. The molecule has 0 aromatic heterocycles. The van der Waals surface area contributed by atoms with Crippen LogP contribution in [0.2, 0.25) is 5.02 Å². The number of aryl methyl sites for hydroxylation is 1. The van der Waals surface area contributed by atoms with Crippen molar-refractivity contribution in [2.24, 2.45) is 0 Å². The second-order valence-corrected chi connectivity index (χ2v) is 4.72. The van der Waals surface area contributed by atoms with Gasteiger partial charge in [0, 0.05) is 12.8 Å². The maximum absolute atomic E-state index is 11.3. The zero-order chi connectivity index (χ0) is 11.5. The minimum absolute atomic E-state index is 0.00135. The molecule has 0 saturated heterocycles. The predicted molar refractivity (Wildman–Crippen MR) is 64.1 cm³/mol. The molecule has 0 radical (unpaired) electrons. The highest BCUT2D eigenvalue weighted by Crippen LogP contribution is 2.28. The Morgan fingerprint density at radius 2 is 2.25 bits per heavy atom. The minimum atomic E-state index is 0.00135. The molecule has 3 heteroatoms. The van der Waals surface area contributed by atoms with Crippen LogP contribution in [-0.2, 0) is 4.79 Å². The number of hydrogen-bond acceptors (Lipinski definition) is 2. The van der Waals surface area contributed by atoms with Crippen LogP contribution in [0.4, 0.5) is 0 Å². The quantitative estimate of drug-likeness (QED) is 0.788. The SMILES string of the molecule is Cc1ccc(OC2CCCC(=O)C2)c(Cl)c1. The van der Waals surface area contributed by atoms with E-state index in [2.05, 4.69) is 0 Å². The lowest BCUT2D eigenvalue weighted by Gasteiger charge is -2.22. The Labute approximate surface area is 101 Å². The molecule has 0 spiro atoms. The van der Waals surface area contributed by atoms with Gasteiger partial charge in [0.05, 0.1) is 5.02 Å². The molecule has 1 aliphatic rings. The Hall–Kier alpha value is -1.02. The van der Waals surface area contributed by atoms with Gasteiger partial charge in [0.15, 0.2) is 0 Å². The van der Waals surface area contributed by atoms with Gasteiger partial charge in [-0.05, 0) is 37.5 Å². The zero-order valence-corrected chi connectivity index (χ0v) is 10.1. The van der Waals surface area contributed by atoms with Crippen LogP contribution in [0, 0.1) is 6.92 Å². The van der Waals surface area contributed by atoms with Crippen LogP contribution in [0.3, 0.4) is 0 Å². The van der Waals surface area contributed by atoms with Crippen molar-refractivity contribution in [1.29, 1.82) is 0 Å². The Morgan fingerprint density at radius 3 is 2.94 bits per heavy atom. The van der Waals surface area contributed by atoms with Gasteiger partial charge in [-0.2, -0.15) is 0 Å². The number of benzene rings is 1. The molecule has 1 aromatic rings. The number of ketones is 1. The van der Waals surface area contributed by atoms with E-state index >= 15 is 0 Å². The summed E-state index contributed by atoms with van der Waals surface area (Å²) in [6, 6.07) is 5.71. The Balaban J connectivity index is 2.05. The largest absolute Gasteiger partial charge is 0.488 e. The lowest BCUT2D eigenvalue weighted by Crippen LogP contribution is -2.25. The smallest absolute Gasteiger partial charge is 0.138 e. The number of carbonyl (C=O) groups is 1. The van der Waals surface area contributed by atoms with E-state index in [1.807, 2.05) is 25.1 Å². The van der Waals surface area contributed by atoms with Crippen LogP contribution in [0.5, 0.6) is 5.75 Å². The molecule has 1 aromatic carbocycles. The first kappa shape index (κ1) is 11.5. The highest BCUT2D eigenvalue weighted by molar-refractivity contribution is 6.32. The van der Waals surface area contributed by atoms with Gasteiger partial charge in [0.25, 0.3) is 0 Å². The Morgan fingerprint density at radius 1 is 1.44 bits per heavy atom. The highest BCUT2D eigenvalue weighted by atomic mass is 35.5. The van der Waals surface area contributed by atoms with E-state index in [4.69, 9.17) is 16.3 Å². The van der Waals surface area contributed by atoms with Crippen molar-refractivity contribution in [2.45, 2.75) is 38.7 Å². The number of halogens is 1. The van der Waals surface area contributed by atoms with Gasteiger partial charge in [-0.25, -0.2) is 0 Å². The van der Waals surface area contributed by atoms with Crippen LogP contribution in [-0.4, -0.2) is 11.9 Å². The topological polar surface area (TPSA) is 26.3 Å². The number of Topliss-reactive ketones (excluding diaryl/α,β-unsaturated/α-hetero) is 1. The summed E-state index contributed by atoms with van der Waals surface area (Å²) in [5.74, 6) is 0.978. The molecule has 86 valence electrons. The number of hydrogen-bond donors (Lipinski definition) is 0. The van der Waals surface area contributed by atoms with Gasteiger partial charge in [0.1, 0.15) is 17.6 Å². The molecule has 1 saturated carbocycles. The first-order valence-corrected chi connectivity index (χ1v) is 5.97. The first-order valence-electron chi connectivity index (χ1n) is 5.59. The molecule has 0 aliphatic heterocycles. The van der Waals surface area contributed by atoms with Gasteiger partial charge in [-0.3, -0.25) is 4.79 Å². The third kappa shape index (κ3) is 2.76. The molecule has 0 heterocycles. The Kier molecular flexibility index (Phi) is 3.49. The molecule has 0 amide bonds. The normalized spacial score (nSPS) is 20.9. The summed E-state index contributed by atoms with van der Waals surface area (Å²) in [5, 5.41) is 0.623. The van der Waals surface area contributed by atoms with E-state index in [1.165, 1.54) is 0 Å². The van der Waals surface area contributed by atoms with Crippen LogP contribution in [0.15, 0.2) is 18.2 Å². The minimum Gasteiger partial charge on any atom is -0.488 e. The number of carbonyl (C=O) groups excluding carboxylic acids is 1. The van der Waals surface area contributed by atoms with Crippen molar-refractivity contribution in [2.75, 3.05) is 0 Å². The molecule has 1 aliphatic carbocycles. The molecule has 0 bridgehead atoms. The number of ether oxygens (including phenoxy) is 1. The summed E-state index contributed by atoms with van der Waals surface area (Å²) in [6.07, 6.45) is 3.08. The summed E-state index contributed by atoms with van der Waals surface area (Å²) in [4.78, 5) is 11.3. The second-order valence-electron chi connectivity index (χ2n) is 4.31. The third-order valence-corrected chi connectivity index (χ3v) is 3.11. The summed E-state index contributed by atoms with van der Waals surface area (Å²) in [7, 11) is 0. The van der Waals surface area contributed by atoms with Crippen molar-refractivity contribution >= 4 is 17.4 Å². The third-order valence-electron chi connectivity index (χ3n) is 2.82. The van der Waals surface area contributed by atoms with E-state index in [0.717, 1.165) is 18.4 Å². The molecule has 1 unspecified atom stereocenters. The summed E-state index contributed by atoms with van der Waals surface area (Å²) >= 11 is 6.08. The van der Waals surface area contributed by atoms with Crippen molar-refractivity contribution in [3.05, 3.63) is 28.8 Å². The van der Waals surface area contributed by atoms with Crippen molar-refractivity contribution in [3.8, 4) is 5.75 Å². The van der Waals surface area contributed by atoms with E-state index in [9.17, 15) is 4.79 Å². The lowest BCUT2D eigenvalue weighted by molar-refractivity contribution is -0.122. The molecular weight excluding hydrogens is 224 g/mol. The lowest BCUT2D eigenvalue weighted by atomic mass is 9.96. The first-order chi connectivity index (χ1) is 7.65. The maximum atomic E-state index is 11.3. The second kappa shape index (κ2) is 4.88. The van der Waals surface area contributed by atoms with Crippen molar-refractivity contribution < 1.29 is 9.53 Å². The standard InChI is InChI=1S/C13H15ClO2/c1-9-5-6-13(12(14)7-9)16-11-4-2-3-10(15)8-11/h5-7,11H,2-4,8H2,1H3. The molecule has 2 nitrogen and oxygen atoms in total. The fraction of sp³-hybridized carbons (Fsp3) is 0.462. The van der Waals surface area contributed by atoms with Crippen molar-refractivity contribution in [1.82, 2.24) is 0 Å². The molecule has 1 fully saturated rings. The molecule has 0 N–H and O–H groups in total. The molecule has 16 heavy (non-hydrogen) atoms. The van der Waals surface area contributed by atoms with Gasteiger partial charge < -0.3 is 4.74 Å². The van der Waals surface area contributed by atoms with E-state index < -0.39 is 0 Å². The van der Waals surface area contributed by atoms with E-state index in [-0.39, 0.29) is 6.10 Å². The highest BCUT2D eigenvalue weighted by Gasteiger charge is 2.21. The van der Waals surface area contributed by atoms with Crippen molar-refractivity contribution in [3.63, 3.8) is 0 Å². The van der Waals surface area contributed by atoms with Gasteiger partial charge in [0.2, 0.25) is 0 Å². The fourth-order valence-electron chi connectivity index (χ4n) is 1.97. The maximum Gasteiger partial charge on any atom is 0.138 e. The Bertz CT molecular complexity index is 401. The predicted octanol–water partition coefficient (Wildman–Crippen LogP) is 3.54. The summed E-state index contributed by atoms with van der Waals surface area (Å²) in [6.45, 7) is 1.99. The average molecular weight is 239 g/mol. The van der Waals surface area contributed by atoms with Crippen LogP contribution >= 0.6 is 11.6 Å². The van der Waals surface area contributed by atoms with E-state index in [1.54, 1.807) is 0 Å². The summed E-state index contributed by atoms with van der Waals surface area (Å²) in [5.41, 5.74) is 1.11. The average Bonchev–Trinajstić information content (AvgIpc) is 2.22. The van der Waals surface area contributed by atoms with Gasteiger partial charge in [-0.1, -0.05) is 17.7 Å². The fourth-order valence-corrected chi connectivity index (χ4v) is 2.25. The zero-order valence-electron chi connectivity index (χ0n) is 9.33. The van der Waals surface area contributed by atoms with Crippen LogP contribution in [0.1, 0.15) is 31.2 Å². The van der Waals surface area contributed by atoms with Crippen LogP contribution in [0.25, 0.3) is 0 Å². The van der Waals surface area contributed by atoms with Crippen LogP contribution < -0.4 is 4.74 Å².